The molecule has 1 fully saturated rings. The second-order valence-electron chi connectivity index (χ2n) is 6.42. The number of halogens is 1. The van der Waals surface area contributed by atoms with Gasteiger partial charge in [-0.25, -0.2) is 4.98 Å². The number of aromatic nitrogens is 4. The third kappa shape index (κ3) is 4.31. The topological polar surface area (TPSA) is 75.9 Å². The molecule has 0 radical (unpaired) electrons. The van der Waals surface area contributed by atoms with Crippen molar-refractivity contribution in [3.05, 3.63) is 40.4 Å². The van der Waals surface area contributed by atoms with Gasteiger partial charge in [0.25, 0.3) is 0 Å². The zero-order valence-corrected chi connectivity index (χ0v) is 17.6. The summed E-state index contributed by atoms with van der Waals surface area (Å²) in [5.41, 5.74) is 1.78. The number of amides is 1. The lowest BCUT2D eigenvalue weighted by molar-refractivity contribution is -0.113. The largest absolute Gasteiger partial charge is 0.341 e. The highest BCUT2D eigenvalue weighted by Gasteiger charge is 2.23. The van der Waals surface area contributed by atoms with Crippen molar-refractivity contribution in [2.24, 2.45) is 0 Å². The molecule has 7 nitrogen and oxygen atoms in total. The van der Waals surface area contributed by atoms with Crippen molar-refractivity contribution < 1.29 is 4.79 Å². The lowest BCUT2D eigenvalue weighted by Crippen LogP contribution is -2.22. The Kier molecular flexibility index (Phi) is 5.84. The van der Waals surface area contributed by atoms with Crippen molar-refractivity contribution in [2.75, 3.05) is 29.1 Å². The molecule has 1 aliphatic rings. The maximum absolute atomic E-state index is 12.3. The first kappa shape index (κ1) is 19.2. The summed E-state index contributed by atoms with van der Waals surface area (Å²) in [6.45, 7) is 3.80. The van der Waals surface area contributed by atoms with Gasteiger partial charge in [-0.2, -0.15) is 0 Å². The maximum Gasteiger partial charge on any atom is 0.236 e. The van der Waals surface area contributed by atoms with Crippen molar-refractivity contribution in [2.45, 2.75) is 24.9 Å². The first-order chi connectivity index (χ1) is 13.6. The number of hydrogen-bond acceptors (Lipinski definition) is 7. The van der Waals surface area contributed by atoms with E-state index in [2.05, 4.69) is 25.4 Å². The lowest BCUT2D eigenvalue weighted by atomic mass is 10.3. The predicted octanol–water partition coefficient (Wildman–Crippen LogP) is 4.02. The number of aryl methyl sites for hydroxylation is 1. The van der Waals surface area contributed by atoms with Crippen molar-refractivity contribution in [3.63, 3.8) is 0 Å². The minimum atomic E-state index is -0.122. The van der Waals surface area contributed by atoms with Gasteiger partial charge in [0.1, 0.15) is 0 Å². The van der Waals surface area contributed by atoms with Crippen LogP contribution in [0.1, 0.15) is 18.5 Å². The fourth-order valence-electron chi connectivity index (χ4n) is 3.02. The van der Waals surface area contributed by atoms with Crippen LogP contribution >= 0.6 is 34.7 Å². The van der Waals surface area contributed by atoms with Gasteiger partial charge in [-0.1, -0.05) is 29.4 Å². The van der Waals surface area contributed by atoms with Crippen molar-refractivity contribution in [1.82, 2.24) is 19.7 Å². The second-order valence-corrected chi connectivity index (χ2v) is 8.66. The number of benzene rings is 1. The van der Waals surface area contributed by atoms with Gasteiger partial charge in [-0.15, -0.1) is 21.5 Å². The zero-order chi connectivity index (χ0) is 19.5. The van der Waals surface area contributed by atoms with Crippen LogP contribution in [0.3, 0.4) is 0 Å². The number of hydrogen-bond donors (Lipinski definition) is 1. The molecule has 1 saturated heterocycles. The molecule has 0 bridgehead atoms. The number of carbonyl (C=O) groups excluding carboxylic acids is 1. The third-order valence-electron chi connectivity index (χ3n) is 4.27. The summed E-state index contributed by atoms with van der Waals surface area (Å²) >= 11 is 8.96. The van der Waals surface area contributed by atoms with Crippen LogP contribution in [0.2, 0.25) is 5.02 Å². The van der Waals surface area contributed by atoms with Crippen molar-refractivity contribution in [1.29, 1.82) is 0 Å². The van der Waals surface area contributed by atoms with Crippen LogP contribution in [0.15, 0.2) is 34.8 Å². The van der Waals surface area contributed by atoms with Gasteiger partial charge < -0.3 is 10.2 Å². The molecule has 1 aromatic carbocycles. The highest BCUT2D eigenvalue weighted by Crippen LogP contribution is 2.29. The van der Waals surface area contributed by atoms with Gasteiger partial charge in [-0.05, 0) is 38.0 Å². The Bertz CT molecular complexity index is 982. The Labute approximate surface area is 176 Å². The Balaban J connectivity index is 1.55. The zero-order valence-electron chi connectivity index (χ0n) is 15.3. The summed E-state index contributed by atoms with van der Waals surface area (Å²) in [5.74, 6) is 0.887. The molecule has 1 N–H and O–H groups in total. The van der Waals surface area contributed by atoms with E-state index >= 15 is 0 Å². The second kappa shape index (κ2) is 8.50. The monoisotopic (exact) mass is 434 g/mol. The van der Waals surface area contributed by atoms with Crippen molar-refractivity contribution >= 4 is 51.7 Å². The molecule has 0 atom stereocenters. The molecule has 0 saturated carbocycles. The fourth-order valence-corrected chi connectivity index (χ4v) is 4.65. The number of rotatable bonds is 6. The normalized spacial score (nSPS) is 13.9. The minimum Gasteiger partial charge on any atom is -0.341 e. The van der Waals surface area contributed by atoms with Crippen LogP contribution < -0.4 is 10.2 Å². The Morgan fingerprint density at radius 1 is 1.32 bits per heavy atom. The number of thioether (sulfide) groups is 1. The van der Waals surface area contributed by atoms with E-state index in [9.17, 15) is 4.79 Å². The average Bonchev–Trinajstić information content (AvgIpc) is 3.40. The molecule has 28 heavy (non-hydrogen) atoms. The van der Waals surface area contributed by atoms with Gasteiger partial charge >= 0.3 is 0 Å². The maximum atomic E-state index is 12.3. The molecular weight excluding hydrogens is 416 g/mol. The highest BCUT2D eigenvalue weighted by atomic mass is 35.5. The Hall–Kier alpha value is -2.10. The molecule has 3 heterocycles. The summed E-state index contributed by atoms with van der Waals surface area (Å²) in [7, 11) is 0. The van der Waals surface area contributed by atoms with Crippen LogP contribution in [0.5, 0.6) is 0 Å². The molecule has 0 spiro atoms. The molecule has 10 heteroatoms. The Morgan fingerprint density at radius 3 is 2.86 bits per heavy atom. The summed E-state index contributed by atoms with van der Waals surface area (Å²) in [6.07, 6.45) is 2.28. The lowest BCUT2D eigenvalue weighted by Gasteiger charge is -2.18. The molecular formula is C18H19ClN6OS2. The summed E-state index contributed by atoms with van der Waals surface area (Å²) in [6, 6.07) is 7.59. The number of nitrogens with zero attached hydrogens (tertiary/aromatic N) is 5. The summed E-state index contributed by atoms with van der Waals surface area (Å²) in [4.78, 5) is 18.8. The number of thiazole rings is 1. The van der Waals surface area contributed by atoms with E-state index in [4.69, 9.17) is 11.6 Å². The molecule has 4 rings (SSSR count). The molecule has 0 aliphatic carbocycles. The quantitative estimate of drug-likeness (QED) is 0.590. The molecule has 146 valence electrons. The van der Waals surface area contributed by atoms with Crippen LogP contribution in [0, 0.1) is 6.92 Å². The van der Waals surface area contributed by atoms with Crippen LogP contribution in [0.25, 0.3) is 5.69 Å². The summed E-state index contributed by atoms with van der Waals surface area (Å²) in [5, 5.41) is 15.4. The summed E-state index contributed by atoms with van der Waals surface area (Å²) < 4.78 is 1.97. The van der Waals surface area contributed by atoms with Crippen LogP contribution in [-0.2, 0) is 4.79 Å². The SMILES string of the molecule is Cc1csc(NC(=O)CSc2nnc(N3CCCC3)n2-c2cccc(Cl)c2)n1. The predicted molar refractivity (Wildman–Crippen MR) is 114 cm³/mol. The van der Waals surface area contributed by atoms with Gasteiger partial charge in [0.2, 0.25) is 11.9 Å². The smallest absolute Gasteiger partial charge is 0.236 e. The molecule has 3 aromatic rings. The van der Waals surface area contributed by atoms with E-state index in [-0.39, 0.29) is 11.7 Å². The standard InChI is InChI=1S/C18H19ClN6OS2/c1-12-10-27-16(20-12)21-15(26)11-28-18-23-22-17(24-7-2-3-8-24)25(18)14-6-4-5-13(19)9-14/h4-6,9-10H,2-3,7-8,11H2,1H3,(H,20,21,26). The van der Waals surface area contributed by atoms with Gasteiger partial charge in [0.15, 0.2) is 10.3 Å². The highest BCUT2D eigenvalue weighted by molar-refractivity contribution is 7.99. The molecule has 1 aliphatic heterocycles. The van der Waals surface area contributed by atoms with E-state index in [0.29, 0.717) is 15.3 Å². The minimum absolute atomic E-state index is 0.122. The van der Waals surface area contributed by atoms with E-state index in [1.165, 1.54) is 23.1 Å². The molecule has 1 amide bonds. The van der Waals surface area contributed by atoms with Crippen LogP contribution in [0.4, 0.5) is 11.1 Å². The van der Waals surface area contributed by atoms with E-state index in [0.717, 1.165) is 43.3 Å². The molecule has 0 unspecified atom stereocenters. The molecule has 2 aromatic heterocycles. The van der Waals surface area contributed by atoms with E-state index in [1.807, 2.05) is 41.1 Å². The van der Waals surface area contributed by atoms with Gasteiger partial charge in [0, 0.05) is 23.5 Å². The van der Waals surface area contributed by atoms with Gasteiger partial charge in [-0.3, -0.25) is 9.36 Å². The van der Waals surface area contributed by atoms with Crippen molar-refractivity contribution in [3.8, 4) is 5.69 Å². The number of nitrogens with one attached hydrogen (secondary N) is 1. The fraction of sp³-hybridized carbons (Fsp3) is 0.333. The van der Waals surface area contributed by atoms with E-state index in [1.54, 1.807) is 0 Å². The Morgan fingerprint density at radius 2 is 2.14 bits per heavy atom. The van der Waals surface area contributed by atoms with Gasteiger partial charge in [0.05, 0.1) is 17.1 Å². The number of anilines is 2. The average molecular weight is 435 g/mol. The first-order valence-electron chi connectivity index (χ1n) is 8.91. The number of carbonyl (C=O) groups is 1. The van der Waals surface area contributed by atoms with E-state index < -0.39 is 0 Å². The van der Waals surface area contributed by atoms with Crippen LogP contribution in [-0.4, -0.2) is 44.5 Å². The third-order valence-corrected chi connectivity index (χ3v) is 6.31. The first-order valence-corrected chi connectivity index (χ1v) is 11.2.